The lowest BCUT2D eigenvalue weighted by molar-refractivity contribution is 0.0428. The standard InChI is InChI=1S/C21H27NO.ClH/c23-21-14-8-7-13-20(21)17-22(15-18-9-3-1-4-10-18)16-19-11-5-2-6-12-19;/h1-6,9-12,20-21,23H,7-8,13-17H2;1H. The molecule has 2 aromatic rings. The van der Waals surface area contributed by atoms with E-state index in [1.54, 1.807) is 0 Å². The van der Waals surface area contributed by atoms with Gasteiger partial charge >= 0.3 is 0 Å². The minimum absolute atomic E-state index is 0. The molecule has 2 nitrogen and oxygen atoms in total. The zero-order valence-electron chi connectivity index (χ0n) is 14.2. The molecule has 1 aliphatic rings. The molecule has 0 spiro atoms. The first-order valence-corrected chi connectivity index (χ1v) is 8.79. The van der Waals surface area contributed by atoms with Crippen molar-refractivity contribution in [1.29, 1.82) is 0 Å². The average molecular weight is 346 g/mol. The maximum absolute atomic E-state index is 10.3. The van der Waals surface area contributed by atoms with E-state index in [0.717, 1.165) is 32.5 Å². The molecule has 0 heterocycles. The molecule has 2 aromatic carbocycles. The van der Waals surface area contributed by atoms with Gasteiger partial charge in [-0.1, -0.05) is 73.5 Å². The Bertz CT molecular complexity index is 533. The second-order valence-electron chi connectivity index (χ2n) is 6.75. The number of hydrogen-bond acceptors (Lipinski definition) is 2. The van der Waals surface area contributed by atoms with Gasteiger partial charge in [-0.15, -0.1) is 12.4 Å². The number of rotatable bonds is 6. The van der Waals surface area contributed by atoms with Gasteiger partial charge in [0.15, 0.2) is 0 Å². The lowest BCUT2D eigenvalue weighted by atomic mass is 9.86. The van der Waals surface area contributed by atoms with Crippen LogP contribution in [0.25, 0.3) is 0 Å². The van der Waals surface area contributed by atoms with Crippen molar-refractivity contribution in [3.8, 4) is 0 Å². The Morgan fingerprint density at radius 1 is 0.792 bits per heavy atom. The fourth-order valence-corrected chi connectivity index (χ4v) is 3.60. The smallest absolute Gasteiger partial charge is 0.0580 e. The number of halogens is 1. The molecule has 1 fully saturated rings. The van der Waals surface area contributed by atoms with Crippen LogP contribution in [0.5, 0.6) is 0 Å². The minimum Gasteiger partial charge on any atom is -0.393 e. The highest BCUT2D eigenvalue weighted by atomic mass is 35.5. The third-order valence-electron chi connectivity index (χ3n) is 4.86. The van der Waals surface area contributed by atoms with Crippen LogP contribution in [0.1, 0.15) is 36.8 Å². The van der Waals surface area contributed by atoms with Crippen molar-refractivity contribution in [2.45, 2.75) is 44.9 Å². The van der Waals surface area contributed by atoms with Crippen molar-refractivity contribution >= 4 is 12.4 Å². The normalized spacial score (nSPS) is 20.6. The first kappa shape index (κ1) is 19.0. The van der Waals surface area contributed by atoms with Crippen molar-refractivity contribution in [3.63, 3.8) is 0 Å². The van der Waals surface area contributed by atoms with Crippen molar-refractivity contribution in [3.05, 3.63) is 71.8 Å². The Morgan fingerprint density at radius 2 is 1.29 bits per heavy atom. The molecule has 130 valence electrons. The Balaban J connectivity index is 0.00000208. The number of hydrogen-bond donors (Lipinski definition) is 1. The van der Waals surface area contributed by atoms with Gasteiger partial charge < -0.3 is 5.11 Å². The lowest BCUT2D eigenvalue weighted by Gasteiger charge is -2.33. The van der Waals surface area contributed by atoms with Gasteiger partial charge in [-0.05, 0) is 29.9 Å². The number of nitrogens with zero attached hydrogens (tertiary/aromatic N) is 1. The molecule has 0 aliphatic heterocycles. The van der Waals surface area contributed by atoms with Gasteiger partial charge in [0.2, 0.25) is 0 Å². The molecule has 3 heteroatoms. The number of benzene rings is 2. The molecule has 1 aliphatic carbocycles. The molecule has 2 atom stereocenters. The average Bonchev–Trinajstić information content (AvgIpc) is 2.59. The molecule has 1 N–H and O–H groups in total. The second kappa shape index (κ2) is 9.83. The molecule has 0 saturated heterocycles. The summed E-state index contributed by atoms with van der Waals surface area (Å²) in [4.78, 5) is 2.49. The molecular formula is C21H28ClNO. The summed E-state index contributed by atoms with van der Waals surface area (Å²) >= 11 is 0. The minimum atomic E-state index is -0.127. The summed E-state index contributed by atoms with van der Waals surface area (Å²) < 4.78 is 0. The summed E-state index contributed by atoms with van der Waals surface area (Å²) in [6.45, 7) is 2.86. The van der Waals surface area contributed by atoms with E-state index in [4.69, 9.17) is 0 Å². The number of aliphatic hydroxyl groups excluding tert-OH is 1. The Hall–Kier alpha value is -1.35. The SMILES string of the molecule is Cl.OC1CCCCC1CN(Cc1ccccc1)Cc1ccccc1. The van der Waals surface area contributed by atoms with Crippen LogP contribution in [-0.2, 0) is 13.1 Å². The van der Waals surface area contributed by atoms with Gasteiger partial charge in [-0.25, -0.2) is 0 Å². The molecule has 0 radical (unpaired) electrons. The topological polar surface area (TPSA) is 23.5 Å². The van der Waals surface area contributed by atoms with Crippen molar-refractivity contribution in [2.75, 3.05) is 6.54 Å². The van der Waals surface area contributed by atoms with E-state index in [9.17, 15) is 5.11 Å². The van der Waals surface area contributed by atoms with Crippen LogP contribution in [0.4, 0.5) is 0 Å². The molecular weight excluding hydrogens is 318 g/mol. The summed E-state index contributed by atoms with van der Waals surface area (Å²) in [5.41, 5.74) is 2.68. The van der Waals surface area contributed by atoms with Gasteiger partial charge in [0.1, 0.15) is 0 Å². The van der Waals surface area contributed by atoms with Gasteiger partial charge in [0, 0.05) is 19.6 Å². The Morgan fingerprint density at radius 3 is 1.79 bits per heavy atom. The van der Waals surface area contributed by atoms with E-state index in [2.05, 4.69) is 65.6 Å². The van der Waals surface area contributed by atoms with Gasteiger partial charge in [-0.2, -0.15) is 0 Å². The first-order chi connectivity index (χ1) is 11.3. The summed E-state index contributed by atoms with van der Waals surface area (Å²) in [6.07, 6.45) is 4.43. The third-order valence-corrected chi connectivity index (χ3v) is 4.86. The molecule has 0 aromatic heterocycles. The largest absolute Gasteiger partial charge is 0.393 e. The monoisotopic (exact) mass is 345 g/mol. The lowest BCUT2D eigenvalue weighted by Crippen LogP contribution is -2.36. The van der Waals surface area contributed by atoms with Crippen molar-refractivity contribution in [2.24, 2.45) is 5.92 Å². The fraction of sp³-hybridized carbons (Fsp3) is 0.429. The zero-order valence-corrected chi connectivity index (χ0v) is 15.0. The van der Waals surface area contributed by atoms with Crippen molar-refractivity contribution < 1.29 is 5.11 Å². The predicted molar refractivity (Wildman–Crippen MR) is 102 cm³/mol. The molecule has 0 bridgehead atoms. The first-order valence-electron chi connectivity index (χ1n) is 8.79. The highest BCUT2D eigenvalue weighted by Gasteiger charge is 2.25. The highest BCUT2D eigenvalue weighted by molar-refractivity contribution is 5.85. The van der Waals surface area contributed by atoms with Crippen LogP contribution < -0.4 is 0 Å². The molecule has 1 saturated carbocycles. The number of aliphatic hydroxyl groups is 1. The molecule has 3 rings (SSSR count). The zero-order chi connectivity index (χ0) is 15.9. The summed E-state index contributed by atoms with van der Waals surface area (Å²) in [5.74, 6) is 0.413. The van der Waals surface area contributed by atoms with Crippen LogP contribution in [0, 0.1) is 5.92 Å². The van der Waals surface area contributed by atoms with E-state index in [1.807, 2.05) is 0 Å². The molecule has 0 amide bonds. The van der Waals surface area contributed by atoms with E-state index in [0.29, 0.717) is 5.92 Å². The van der Waals surface area contributed by atoms with E-state index in [1.165, 1.54) is 24.0 Å². The van der Waals surface area contributed by atoms with Crippen LogP contribution in [-0.4, -0.2) is 22.7 Å². The van der Waals surface area contributed by atoms with Gasteiger partial charge in [0.25, 0.3) is 0 Å². The maximum Gasteiger partial charge on any atom is 0.0580 e. The fourth-order valence-electron chi connectivity index (χ4n) is 3.60. The summed E-state index contributed by atoms with van der Waals surface area (Å²) in [7, 11) is 0. The van der Waals surface area contributed by atoms with Crippen LogP contribution >= 0.6 is 12.4 Å². The Labute approximate surface area is 151 Å². The van der Waals surface area contributed by atoms with E-state index < -0.39 is 0 Å². The van der Waals surface area contributed by atoms with Gasteiger partial charge in [-0.3, -0.25) is 4.90 Å². The predicted octanol–water partition coefficient (Wildman–Crippen LogP) is 4.66. The molecule has 24 heavy (non-hydrogen) atoms. The highest BCUT2D eigenvalue weighted by Crippen LogP contribution is 2.26. The molecule has 2 unspecified atom stereocenters. The Kier molecular flexibility index (Phi) is 7.77. The third kappa shape index (κ3) is 5.62. The summed E-state index contributed by atoms with van der Waals surface area (Å²) in [5, 5.41) is 10.3. The van der Waals surface area contributed by atoms with E-state index >= 15 is 0 Å². The van der Waals surface area contributed by atoms with Crippen LogP contribution in [0.15, 0.2) is 60.7 Å². The van der Waals surface area contributed by atoms with Gasteiger partial charge in [0.05, 0.1) is 6.10 Å². The van der Waals surface area contributed by atoms with Crippen LogP contribution in [0.3, 0.4) is 0 Å². The maximum atomic E-state index is 10.3. The van der Waals surface area contributed by atoms with Crippen LogP contribution in [0.2, 0.25) is 0 Å². The quantitative estimate of drug-likeness (QED) is 0.822. The second-order valence-corrected chi connectivity index (χ2v) is 6.75. The van der Waals surface area contributed by atoms with E-state index in [-0.39, 0.29) is 18.5 Å². The van der Waals surface area contributed by atoms with Crippen molar-refractivity contribution in [1.82, 2.24) is 4.90 Å². The summed E-state index contributed by atoms with van der Waals surface area (Å²) in [6, 6.07) is 21.3.